The first kappa shape index (κ1) is 18.4. The Kier molecular flexibility index (Phi) is 4.60. The average Bonchev–Trinajstić information content (AvgIpc) is 3.10. The highest BCUT2D eigenvalue weighted by molar-refractivity contribution is 5.95. The molecule has 1 N–H and O–H groups in total. The lowest BCUT2D eigenvalue weighted by molar-refractivity contribution is -0.139. The number of nitrogens with one attached hydrogen (secondary N) is 1. The molecule has 6 nitrogen and oxygen atoms in total. The first-order valence-electron chi connectivity index (χ1n) is 8.50. The van der Waals surface area contributed by atoms with E-state index in [-0.39, 0.29) is 5.95 Å². The zero-order chi connectivity index (χ0) is 20.4. The summed E-state index contributed by atoms with van der Waals surface area (Å²) in [7, 11) is 0. The Balaban J connectivity index is 1.83. The number of hydrogen-bond donors (Lipinski definition) is 1. The second kappa shape index (κ2) is 7.24. The van der Waals surface area contributed by atoms with Crippen molar-refractivity contribution < 1.29 is 13.2 Å². The number of benzene rings is 2. The predicted molar refractivity (Wildman–Crippen MR) is 103 cm³/mol. The van der Waals surface area contributed by atoms with Gasteiger partial charge < -0.3 is 9.88 Å². The Morgan fingerprint density at radius 2 is 1.76 bits per heavy atom. The van der Waals surface area contributed by atoms with Crippen molar-refractivity contribution in [1.29, 1.82) is 0 Å². The molecule has 4 aromatic rings. The van der Waals surface area contributed by atoms with E-state index in [1.165, 1.54) is 18.7 Å². The van der Waals surface area contributed by atoms with Crippen molar-refractivity contribution in [2.24, 2.45) is 0 Å². The lowest BCUT2D eigenvalue weighted by Crippen LogP contribution is -2.16. The molecule has 0 radical (unpaired) electrons. The summed E-state index contributed by atoms with van der Waals surface area (Å²) in [6.45, 7) is 5.81. The van der Waals surface area contributed by atoms with Gasteiger partial charge >= 0.3 is 6.18 Å². The van der Waals surface area contributed by atoms with Crippen LogP contribution in [-0.4, -0.2) is 25.7 Å². The Hall–Kier alpha value is -3.93. The number of imidazole rings is 1. The van der Waals surface area contributed by atoms with E-state index in [0.29, 0.717) is 28.0 Å². The first-order valence-corrected chi connectivity index (χ1v) is 8.50. The van der Waals surface area contributed by atoms with Crippen LogP contribution in [0, 0.1) is 6.57 Å². The van der Waals surface area contributed by atoms with Crippen molar-refractivity contribution in [3.63, 3.8) is 0 Å². The summed E-state index contributed by atoms with van der Waals surface area (Å²) in [5.41, 5.74) is 3.11. The summed E-state index contributed by atoms with van der Waals surface area (Å²) >= 11 is 0. The van der Waals surface area contributed by atoms with Crippen LogP contribution in [0.4, 0.5) is 30.5 Å². The van der Waals surface area contributed by atoms with Crippen LogP contribution in [-0.2, 0) is 6.54 Å². The molecule has 0 saturated heterocycles. The summed E-state index contributed by atoms with van der Waals surface area (Å²) in [6, 6.07) is 12.6. The van der Waals surface area contributed by atoms with Gasteiger partial charge in [0.15, 0.2) is 0 Å². The fourth-order valence-electron chi connectivity index (χ4n) is 2.97. The van der Waals surface area contributed by atoms with Gasteiger partial charge in [-0.2, -0.15) is 13.2 Å². The molecule has 9 heteroatoms. The summed E-state index contributed by atoms with van der Waals surface area (Å²) in [5, 5.41) is 2.99. The monoisotopic (exact) mass is 394 g/mol. The standard InChI is InChI=1S/C20H13F3N6/c1-24-15-9-25-19(26-10-15)28-14-7-16(13-5-3-2-4-6-13)18-17(8-14)29(12-27-18)11-20(21,22)23/h2-10,12H,11H2,(H,25,26,28). The lowest BCUT2D eigenvalue weighted by atomic mass is 10.0. The van der Waals surface area contributed by atoms with Crippen LogP contribution in [0.25, 0.3) is 27.0 Å². The van der Waals surface area contributed by atoms with E-state index in [0.717, 1.165) is 10.1 Å². The maximum atomic E-state index is 13.0. The molecule has 0 amide bonds. The van der Waals surface area contributed by atoms with Crippen LogP contribution in [0.3, 0.4) is 0 Å². The molecule has 144 valence electrons. The second-order valence-corrected chi connectivity index (χ2v) is 6.25. The number of alkyl halides is 3. The van der Waals surface area contributed by atoms with Crippen LogP contribution in [0.15, 0.2) is 61.2 Å². The minimum Gasteiger partial charge on any atom is -0.324 e. The van der Waals surface area contributed by atoms with E-state index < -0.39 is 12.7 Å². The Morgan fingerprint density at radius 1 is 1.03 bits per heavy atom. The highest BCUT2D eigenvalue weighted by Gasteiger charge is 2.29. The quantitative estimate of drug-likeness (QED) is 0.474. The van der Waals surface area contributed by atoms with Crippen LogP contribution in [0.1, 0.15) is 0 Å². The van der Waals surface area contributed by atoms with Crippen molar-refractivity contribution >= 4 is 28.4 Å². The van der Waals surface area contributed by atoms with Gasteiger partial charge in [0.25, 0.3) is 0 Å². The van der Waals surface area contributed by atoms with Crippen molar-refractivity contribution in [2.75, 3.05) is 5.32 Å². The summed E-state index contributed by atoms with van der Waals surface area (Å²) in [5.74, 6) is 0.234. The van der Waals surface area contributed by atoms with Crippen LogP contribution in [0.5, 0.6) is 0 Å². The molecule has 0 bridgehead atoms. The lowest BCUT2D eigenvalue weighted by Gasteiger charge is -2.12. The van der Waals surface area contributed by atoms with Crippen molar-refractivity contribution in [2.45, 2.75) is 12.7 Å². The number of aromatic nitrogens is 4. The van der Waals surface area contributed by atoms with Crippen molar-refractivity contribution in [3.05, 3.63) is 72.6 Å². The van der Waals surface area contributed by atoms with Gasteiger partial charge in [0, 0.05) is 23.6 Å². The third kappa shape index (κ3) is 4.01. The number of anilines is 2. The average molecular weight is 394 g/mol. The summed E-state index contributed by atoms with van der Waals surface area (Å²) in [4.78, 5) is 15.6. The fourth-order valence-corrected chi connectivity index (χ4v) is 2.97. The molecule has 0 aliphatic carbocycles. The third-order valence-corrected chi connectivity index (χ3v) is 4.18. The summed E-state index contributed by atoms with van der Waals surface area (Å²) in [6.07, 6.45) is -0.447. The summed E-state index contributed by atoms with van der Waals surface area (Å²) < 4.78 is 40.0. The number of hydrogen-bond acceptors (Lipinski definition) is 4. The highest BCUT2D eigenvalue weighted by Crippen LogP contribution is 2.33. The van der Waals surface area contributed by atoms with Gasteiger partial charge in [0.05, 0.1) is 23.9 Å². The molecular formula is C20H13F3N6. The zero-order valence-corrected chi connectivity index (χ0v) is 14.9. The van der Waals surface area contributed by atoms with E-state index in [2.05, 4.69) is 25.1 Å². The minimum absolute atomic E-state index is 0.234. The zero-order valence-electron chi connectivity index (χ0n) is 14.9. The molecule has 0 unspecified atom stereocenters. The topological polar surface area (TPSA) is 60.0 Å². The Bertz CT molecular complexity index is 1190. The molecular weight excluding hydrogens is 381 g/mol. The molecule has 0 aliphatic heterocycles. The third-order valence-electron chi connectivity index (χ3n) is 4.18. The van der Waals surface area contributed by atoms with Gasteiger partial charge in [-0.15, -0.1) is 0 Å². The molecule has 0 saturated carbocycles. The number of fused-ring (bicyclic) bond motifs is 1. The fraction of sp³-hybridized carbons (Fsp3) is 0.100. The second-order valence-electron chi connectivity index (χ2n) is 6.25. The molecule has 2 heterocycles. The molecule has 4 rings (SSSR count). The predicted octanol–water partition coefficient (Wildman–Crippen LogP) is 5.35. The largest absolute Gasteiger partial charge is 0.406 e. The molecule has 0 spiro atoms. The molecule has 29 heavy (non-hydrogen) atoms. The van der Waals surface area contributed by atoms with Crippen molar-refractivity contribution in [3.8, 4) is 11.1 Å². The first-order chi connectivity index (χ1) is 13.9. The van der Waals surface area contributed by atoms with Gasteiger partial charge in [-0.25, -0.2) is 19.8 Å². The van der Waals surface area contributed by atoms with E-state index in [1.54, 1.807) is 12.1 Å². The molecule has 0 atom stereocenters. The highest BCUT2D eigenvalue weighted by atomic mass is 19.4. The van der Waals surface area contributed by atoms with Gasteiger partial charge in [0.1, 0.15) is 6.54 Å². The molecule has 0 fully saturated rings. The SMILES string of the molecule is [C-]#[N+]c1cnc(Nc2cc(-c3ccccc3)c3ncn(CC(F)(F)F)c3c2)nc1. The smallest absolute Gasteiger partial charge is 0.324 e. The van der Waals surface area contributed by atoms with Crippen LogP contribution >= 0.6 is 0 Å². The Labute approximate surface area is 163 Å². The van der Waals surface area contributed by atoms with E-state index in [9.17, 15) is 13.2 Å². The van der Waals surface area contributed by atoms with Gasteiger partial charge in [-0.3, -0.25) is 0 Å². The van der Waals surface area contributed by atoms with Crippen LogP contribution in [0.2, 0.25) is 0 Å². The number of halogens is 3. The molecule has 2 aromatic heterocycles. The van der Waals surface area contributed by atoms with E-state index >= 15 is 0 Å². The molecule has 2 aromatic carbocycles. The maximum Gasteiger partial charge on any atom is 0.406 e. The minimum atomic E-state index is -4.37. The van der Waals surface area contributed by atoms with Gasteiger partial charge in [-0.1, -0.05) is 30.3 Å². The van der Waals surface area contributed by atoms with Crippen LogP contribution < -0.4 is 5.32 Å². The number of rotatable bonds is 4. The van der Waals surface area contributed by atoms with Gasteiger partial charge in [0.2, 0.25) is 11.6 Å². The van der Waals surface area contributed by atoms with E-state index in [1.807, 2.05) is 30.3 Å². The van der Waals surface area contributed by atoms with E-state index in [4.69, 9.17) is 6.57 Å². The maximum absolute atomic E-state index is 13.0. The van der Waals surface area contributed by atoms with Crippen molar-refractivity contribution in [1.82, 2.24) is 19.5 Å². The van der Waals surface area contributed by atoms with Gasteiger partial charge in [-0.05, 0) is 17.7 Å². The normalized spacial score (nSPS) is 11.4. The molecule has 0 aliphatic rings. The Morgan fingerprint density at radius 3 is 2.41 bits per heavy atom. The number of nitrogens with zero attached hydrogens (tertiary/aromatic N) is 5.